The van der Waals surface area contributed by atoms with Crippen molar-refractivity contribution in [2.24, 2.45) is 0 Å². The summed E-state index contributed by atoms with van der Waals surface area (Å²) in [7, 11) is 3.86. The summed E-state index contributed by atoms with van der Waals surface area (Å²) >= 11 is 12.3. The number of benzene rings is 3. The van der Waals surface area contributed by atoms with Crippen molar-refractivity contribution in [3.05, 3.63) is 141 Å². The lowest BCUT2D eigenvalue weighted by Gasteiger charge is -2.20. The minimum atomic E-state index is -0.946. The van der Waals surface area contributed by atoms with Crippen LogP contribution in [0.2, 0.25) is 10.2 Å². The van der Waals surface area contributed by atoms with Crippen LogP contribution < -0.4 is 5.56 Å². The molecule has 0 radical (unpaired) electrons. The van der Waals surface area contributed by atoms with Gasteiger partial charge in [-0.3, -0.25) is 14.2 Å². The average molecular weight is 672 g/mol. The van der Waals surface area contributed by atoms with Gasteiger partial charge in [0.1, 0.15) is 17.7 Å². The van der Waals surface area contributed by atoms with Gasteiger partial charge in [0.2, 0.25) is 0 Å². The quantitative estimate of drug-likeness (QED) is 0.172. The van der Waals surface area contributed by atoms with Crippen molar-refractivity contribution in [1.82, 2.24) is 39.0 Å². The van der Waals surface area contributed by atoms with Crippen molar-refractivity contribution in [1.29, 1.82) is 0 Å². The molecule has 0 amide bonds. The van der Waals surface area contributed by atoms with Crippen LogP contribution in [0.5, 0.6) is 0 Å². The Balaban J connectivity index is 1.32. The Hall–Kier alpha value is -4.97. The molecule has 0 fully saturated rings. The van der Waals surface area contributed by atoms with Crippen molar-refractivity contribution in [2.45, 2.75) is 25.4 Å². The molecule has 13 heteroatoms. The Bertz CT molecular complexity index is 2110. The van der Waals surface area contributed by atoms with Gasteiger partial charge in [0.15, 0.2) is 10.9 Å². The molecule has 10 nitrogen and oxygen atoms in total. The van der Waals surface area contributed by atoms with E-state index in [4.69, 9.17) is 23.2 Å². The molecule has 0 saturated carbocycles. The van der Waals surface area contributed by atoms with E-state index in [0.717, 1.165) is 11.4 Å². The van der Waals surface area contributed by atoms with Crippen LogP contribution in [0.15, 0.2) is 103 Å². The van der Waals surface area contributed by atoms with Crippen LogP contribution in [-0.2, 0) is 24.2 Å². The lowest BCUT2D eigenvalue weighted by molar-refractivity contribution is -0.121. The van der Waals surface area contributed by atoms with E-state index in [-0.39, 0.29) is 29.3 Å². The molecule has 0 aliphatic carbocycles. The van der Waals surface area contributed by atoms with Crippen LogP contribution in [0, 0.1) is 5.82 Å². The minimum absolute atomic E-state index is 0.193. The fourth-order valence-electron chi connectivity index (χ4n) is 5.37. The molecule has 238 valence electrons. The number of carbonyl (C=O) groups excluding carboxylic acids is 1. The lowest BCUT2D eigenvalue weighted by atomic mass is 9.97. The highest BCUT2D eigenvalue weighted by molar-refractivity contribution is 6.31. The summed E-state index contributed by atoms with van der Waals surface area (Å²) in [5, 5.41) is 8.46. The number of carbonyl (C=O) groups is 1. The van der Waals surface area contributed by atoms with E-state index < -0.39 is 17.4 Å². The zero-order valence-electron chi connectivity index (χ0n) is 25.5. The summed E-state index contributed by atoms with van der Waals surface area (Å²) in [4.78, 5) is 38.5. The number of hydrogen-bond donors (Lipinski definition) is 0. The highest BCUT2D eigenvalue weighted by atomic mass is 35.5. The van der Waals surface area contributed by atoms with E-state index in [0.29, 0.717) is 34.2 Å². The SMILES string of the molecule is CN(C)Cc1nccn1-c1ccc(CC(=O)[C@H](Cc2ccccc2)n2cnc(-c3cc(Cl)ccc3-n3cc(Cl)nn3)cc2=O)c(F)c1. The summed E-state index contributed by atoms with van der Waals surface area (Å²) < 4.78 is 20.1. The van der Waals surface area contributed by atoms with Gasteiger partial charge in [0.25, 0.3) is 5.56 Å². The number of ketones is 1. The fourth-order valence-corrected chi connectivity index (χ4v) is 5.67. The van der Waals surface area contributed by atoms with E-state index in [9.17, 15) is 9.59 Å². The summed E-state index contributed by atoms with van der Waals surface area (Å²) in [6, 6.07) is 19.5. The number of imidazole rings is 1. The third-order valence-corrected chi connectivity index (χ3v) is 8.02. The van der Waals surface area contributed by atoms with Crippen LogP contribution in [0.4, 0.5) is 4.39 Å². The van der Waals surface area contributed by atoms with Gasteiger partial charge in [0.05, 0.1) is 30.5 Å². The molecule has 0 aliphatic rings. The summed E-state index contributed by atoms with van der Waals surface area (Å²) in [6.07, 6.45) is 6.28. The molecule has 0 aliphatic heterocycles. The second kappa shape index (κ2) is 13.8. The maximum atomic E-state index is 15.5. The third-order valence-electron chi connectivity index (χ3n) is 7.62. The van der Waals surface area contributed by atoms with E-state index in [2.05, 4.69) is 20.3 Å². The van der Waals surface area contributed by atoms with Gasteiger partial charge in [-0.1, -0.05) is 64.8 Å². The van der Waals surface area contributed by atoms with E-state index in [1.54, 1.807) is 42.7 Å². The molecular formula is C34H29Cl2FN8O2. The molecule has 0 saturated heterocycles. The van der Waals surface area contributed by atoms with Crippen molar-refractivity contribution < 1.29 is 9.18 Å². The molecular weight excluding hydrogens is 642 g/mol. The molecule has 47 heavy (non-hydrogen) atoms. The maximum absolute atomic E-state index is 15.5. The van der Waals surface area contributed by atoms with Crippen molar-refractivity contribution in [3.8, 4) is 22.6 Å². The fraction of sp³-hybridized carbons (Fsp3) is 0.176. The molecule has 0 N–H and O–H groups in total. The smallest absolute Gasteiger partial charge is 0.254 e. The van der Waals surface area contributed by atoms with Gasteiger partial charge < -0.3 is 9.47 Å². The number of aromatic nitrogens is 7. The summed E-state index contributed by atoms with van der Waals surface area (Å²) in [6.45, 7) is 0.574. The zero-order chi connectivity index (χ0) is 33.1. The Labute approximate surface area is 279 Å². The summed E-state index contributed by atoms with van der Waals surface area (Å²) in [5.74, 6) is -0.110. The van der Waals surface area contributed by atoms with Gasteiger partial charge in [-0.15, -0.1) is 5.10 Å². The standard InChI is InChI=1S/C34H29Cl2FN8O2/c1-42(2)20-33-38-12-13-43(33)25-10-8-23(27(37)17-25)15-31(46)30(14-22-6-4-3-5-7-22)44-21-39-28(18-34(44)47)26-16-24(35)9-11-29(26)45-19-32(36)40-41-45/h3-13,16-19,21,30H,14-15,20H2,1-2H3/t30-/m0/s1. The van der Waals surface area contributed by atoms with E-state index in [1.807, 2.05) is 53.9 Å². The molecule has 0 bridgehead atoms. The van der Waals surface area contributed by atoms with Crippen molar-refractivity contribution in [2.75, 3.05) is 14.1 Å². The average Bonchev–Trinajstić information content (AvgIpc) is 3.70. The molecule has 3 aromatic carbocycles. The number of rotatable bonds is 11. The number of halogens is 3. The Kier molecular flexibility index (Phi) is 9.39. The van der Waals surface area contributed by atoms with Crippen molar-refractivity contribution >= 4 is 29.0 Å². The number of hydrogen-bond acceptors (Lipinski definition) is 7. The maximum Gasteiger partial charge on any atom is 0.254 e. The first-order valence-electron chi connectivity index (χ1n) is 14.6. The highest BCUT2D eigenvalue weighted by Crippen LogP contribution is 2.28. The van der Waals surface area contributed by atoms with Gasteiger partial charge in [0, 0.05) is 47.6 Å². The normalized spacial score (nSPS) is 12.0. The molecule has 6 rings (SSSR count). The van der Waals surface area contributed by atoms with Crippen molar-refractivity contribution in [3.63, 3.8) is 0 Å². The van der Waals surface area contributed by atoms with Gasteiger partial charge in [-0.25, -0.2) is 19.0 Å². The Morgan fingerprint density at radius 1 is 1.00 bits per heavy atom. The predicted molar refractivity (Wildman–Crippen MR) is 178 cm³/mol. The molecule has 6 aromatic rings. The van der Waals surface area contributed by atoms with Gasteiger partial charge >= 0.3 is 0 Å². The molecule has 3 aromatic heterocycles. The number of nitrogens with zero attached hydrogens (tertiary/aromatic N) is 8. The third kappa shape index (κ3) is 7.22. The first-order valence-corrected chi connectivity index (χ1v) is 15.4. The van der Waals surface area contributed by atoms with Crippen LogP contribution in [0.25, 0.3) is 22.6 Å². The second-order valence-electron chi connectivity index (χ2n) is 11.2. The van der Waals surface area contributed by atoms with E-state index in [1.165, 1.54) is 33.9 Å². The molecule has 0 unspecified atom stereocenters. The van der Waals surface area contributed by atoms with Gasteiger partial charge in [-0.05, 0) is 55.6 Å². The van der Waals surface area contributed by atoms with E-state index >= 15 is 4.39 Å². The van der Waals surface area contributed by atoms with Crippen LogP contribution >= 0.6 is 23.2 Å². The monoisotopic (exact) mass is 670 g/mol. The molecule has 0 spiro atoms. The van der Waals surface area contributed by atoms with Crippen LogP contribution in [0.3, 0.4) is 0 Å². The highest BCUT2D eigenvalue weighted by Gasteiger charge is 2.25. The van der Waals surface area contributed by atoms with Crippen LogP contribution in [0.1, 0.15) is 23.0 Å². The number of Topliss-reactive ketones (excluding diaryl/α,β-unsaturated/α-hetero) is 1. The molecule has 1 atom stereocenters. The predicted octanol–water partition coefficient (Wildman–Crippen LogP) is 5.78. The van der Waals surface area contributed by atoms with Gasteiger partial charge in [-0.2, -0.15) is 0 Å². The topological polar surface area (TPSA) is 104 Å². The summed E-state index contributed by atoms with van der Waals surface area (Å²) in [5.41, 5.74) is 2.58. The Morgan fingerprint density at radius 2 is 1.81 bits per heavy atom. The molecule has 3 heterocycles. The zero-order valence-corrected chi connectivity index (χ0v) is 27.0. The lowest BCUT2D eigenvalue weighted by Crippen LogP contribution is -2.32. The first-order chi connectivity index (χ1) is 22.7. The second-order valence-corrected chi connectivity index (χ2v) is 12.1. The first kappa shape index (κ1) is 32.0. The van der Waals surface area contributed by atoms with Crippen LogP contribution in [-0.4, -0.2) is 58.9 Å². The minimum Gasteiger partial charge on any atom is -0.303 e. The largest absolute Gasteiger partial charge is 0.303 e. The Morgan fingerprint density at radius 3 is 2.51 bits per heavy atom.